The first kappa shape index (κ1) is 16.4. The van der Waals surface area contributed by atoms with Gasteiger partial charge in [-0.25, -0.2) is 8.78 Å². The molecule has 0 bridgehead atoms. The van der Waals surface area contributed by atoms with Crippen molar-refractivity contribution in [2.75, 3.05) is 26.2 Å². The van der Waals surface area contributed by atoms with Gasteiger partial charge in [-0.05, 0) is 24.3 Å². The molecule has 0 N–H and O–H groups in total. The normalized spacial score (nSPS) is 15.9. The molecule has 23 heavy (non-hydrogen) atoms. The Hall–Kier alpha value is -1.50. The lowest BCUT2D eigenvalue weighted by atomic mass is 10.1. The number of piperazine rings is 1. The van der Waals surface area contributed by atoms with Crippen molar-refractivity contribution in [3.8, 4) is 0 Å². The number of carbonyl (C=O) groups excluding carboxylic acids is 1. The molecule has 0 radical (unpaired) electrons. The van der Waals surface area contributed by atoms with Crippen LogP contribution in [0.15, 0.2) is 30.3 Å². The molecule has 0 unspecified atom stereocenters. The van der Waals surface area contributed by atoms with Crippen molar-refractivity contribution in [3.63, 3.8) is 0 Å². The van der Waals surface area contributed by atoms with E-state index in [1.54, 1.807) is 16.2 Å². The highest BCUT2D eigenvalue weighted by Crippen LogP contribution is 2.23. The third-order valence-electron chi connectivity index (χ3n) is 3.78. The second-order valence-electron chi connectivity index (χ2n) is 5.43. The summed E-state index contributed by atoms with van der Waals surface area (Å²) in [6.45, 7) is 3.32. The van der Waals surface area contributed by atoms with Gasteiger partial charge in [-0.3, -0.25) is 9.69 Å². The average Bonchev–Trinajstić information content (AvgIpc) is 2.91. The van der Waals surface area contributed by atoms with E-state index in [0.717, 1.165) is 42.2 Å². The molecular weight excluding hydrogens is 342 g/mol. The Morgan fingerprint density at radius 1 is 1.09 bits per heavy atom. The SMILES string of the molecule is O=C(c1cc(F)cc(F)c1)N1CCN(Cc2ccc(Cl)s2)CC1. The topological polar surface area (TPSA) is 23.6 Å². The van der Waals surface area contributed by atoms with Crippen LogP contribution >= 0.6 is 22.9 Å². The van der Waals surface area contributed by atoms with E-state index in [9.17, 15) is 13.6 Å². The van der Waals surface area contributed by atoms with Crippen LogP contribution in [0.4, 0.5) is 8.78 Å². The molecule has 1 fully saturated rings. The molecule has 0 saturated carbocycles. The minimum Gasteiger partial charge on any atom is -0.336 e. The number of hydrogen-bond acceptors (Lipinski definition) is 3. The maximum Gasteiger partial charge on any atom is 0.254 e. The number of nitrogens with zero attached hydrogens (tertiary/aromatic N) is 2. The largest absolute Gasteiger partial charge is 0.336 e. The number of carbonyl (C=O) groups is 1. The number of benzene rings is 1. The maximum atomic E-state index is 13.2. The van der Waals surface area contributed by atoms with Gasteiger partial charge in [0, 0.05) is 49.2 Å². The lowest BCUT2D eigenvalue weighted by Crippen LogP contribution is -2.48. The third kappa shape index (κ3) is 4.07. The predicted octanol–water partition coefficient (Wildman–Crippen LogP) is 3.64. The van der Waals surface area contributed by atoms with Gasteiger partial charge in [0.2, 0.25) is 0 Å². The highest BCUT2D eigenvalue weighted by atomic mass is 35.5. The summed E-state index contributed by atoms with van der Waals surface area (Å²) < 4.78 is 27.2. The summed E-state index contributed by atoms with van der Waals surface area (Å²) in [5.74, 6) is -1.80. The molecule has 1 aliphatic heterocycles. The van der Waals surface area contributed by atoms with E-state index >= 15 is 0 Å². The van der Waals surface area contributed by atoms with Crippen LogP contribution in [0.25, 0.3) is 0 Å². The zero-order chi connectivity index (χ0) is 16.4. The van der Waals surface area contributed by atoms with E-state index in [2.05, 4.69) is 4.90 Å². The van der Waals surface area contributed by atoms with Crippen LogP contribution in [0.1, 0.15) is 15.2 Å². The van der Waals surface area contributed by atoms with Crippen molar-refractivity contribution < 1.29 is 13.6 Å². The fourth-order valence-electron chi connectivity index (χ4n) is 2.63. The first-order valence-corrected chi connectivity index (χ1v) is 8.42. The van der Waals surface area contributed by atoms with Crippen LogP contribution in [-0.4, -0.2) is 41.9 Å². The van der Waals surface area contributed by atoms with Crippen molar-refractivity contribution in [2.45, 2.75) is 6.54 Å². The summed E-state index contributed by atoms with van der Waals surface area (Å²) in [5.41, 5.74) is 0.0565. The lowest BCUT2D eigenvalue weighted by molar-refractivity contribution is 0.0628. The molecule has 0 aliphatic carbocycles. The second-order valence-corrected chi connectivity index (χ2v) is 7.23. The van der Waals surface area contributed by atoms with E-state index in [4.69, 9.17) is 11.6 Å². The van der Waals surface area contributed by atoms with Gasteiger partial charge in [0.05, 0.1) is 4.34 Å². The zero-order valence-electron chi connectivity index (χ0n) is 12.3. The Balaban J connectivity index is 1.58. The smallest absolute Gasteiger partial charge is 0.254 e. The van der Waals surface area contributed by atoms with Crippen LogP contribution in [0.2, 0.25) is 4.34 Å². The fraction of sp³-hybridized carbons (Fsp3) is 0.312. The fourth-order valence-corrected chi connectivity index (χ4v) is 3.76. The Morgan fingerprint density at radius 3 is 2.30 bits per heavy atom. The molecule has 0 spiro atoms. The minimum absolute atomic E-state index is 0.0565. The predicted molar refractivity (Wildman–Crippen MR) is 86.9 cm³/mol. The van der Waals surface area contributed by atoms with Crippen LogP contribution in [0, 0.1) is 11.6 Å². The monoisotopic (exact) mass is 356 g/mol. The van der Waals surface area contributed by atoms with Gasteiger partial charge < -0.3 is 4.90 Å². The van der Waals surface area contributed by atoms with Gasteiger partial charge in [0.1, 0.15) is 11.6 Å². The molecule has 3 rings (SSSR count). The van der Waals surface area contributed by atoms with Crippen LogP contribution in [0.5, 0.6) is 0 Å². The first-order valence-electron chi connectivity index (χ1n) is 7.23. The van der Waals surface area contributed by atoms with E-state index in [-0.39, 0.29) is 11.5 Å². The third-order valence-corrected chi connectivity index (χ3v) is 4.99. The molecule has 1 amide bonds. The van der Waals surface area contributed by atoms with Gasteiger partial charge in [-0.15, -0.1) is 11.3 Å². The van der Waals surface area contributed by atoms with Gasteiger partial charge in [0.25, 0.3) is 5.91 Å². The number of rotatable bonds is 3. The summed E-state index contributed by atoms with van der Waals surface area (Å²) >= 11 is 7.47. The standard InChI is InChI=1S/C16H15ClF2N2OS/c17-15-2-1-14(23-15)10-20-3-5-21(6-4-20)16(22)11-7-12(18)9-13(19)8-11/h1-2,7-9H,3-6,10H2. The molecule has 7 heteroatoms. The van der Waals surface area contributed by atoms with Gasteiger partial charge >= 0.3 is 0 Å². The number of hydrogen-bond donors (Lipinski definition) is 0. The first-order chi connectivity index (χ1) is 11.0. The molecule has 2 aromatic rings. The summed E-state index contributed by atoms with van der Waals surface area (Å²) in [6.07, 6.45) is 0. The van der Waals surface area contributed by atoms with Gasteiger partial charge in [0.15, 0.2) is 0 Å². The van der Waals surface area contributed by atoms with Crippen molar-refractivity contribution >= 4 is 28.8 Å². The van der Waals surface area contributed by atoms with Crippen molar-refractivity contribution in [1.29, 1.82) is 0 Å². The summed E-state index contributed by atoms with van der Waals surface area (Å²) in [5, 5.41) is 0. The second kappa shape index (κ2) is 6.95. The molecule has 122 valence electrons. The quantitative estimate of drug-likeness (QED) is 0.838. The summed E-state index contributed by atoms with van der Waals surface area (Å²) in [4.78, 5) is 17.4. The molecule has 1 aromatic heterocycles. The Kier molecular flexibility index (Phi) is 4.94. The van der Waals surface area contributed by atoms with Crippen molar-refractivity contribution in [3.05, 3.63) is 56.7 Å². The number of thiophene rings is 1. The summed E-state index contributed by atoms with van der Waals surface area (Å²) in [7, 11) is 0. The Labute approximate surface area is 142 Å². The highest BCUT2D eigenvalue weighted by Gasteiger charge is 2.23. The molecule has 0 atom stereocenters. The van der Waals surface area contributed by atoms with E-state index in [0.29, 0.717) is 13.1 Å². The average molecular weight is 357 g/mol. The van der Waals surface area contributed by atoms with Crippen LogP contribution in [0.3, 0.4) is 0 Å². The molecule has 3 nitrogen and oxygen atoms in total. The van der Waals surface area contributed by atoms with Crippen molar-refractivity contribution in [2.24, 2.45) is 0 Å². The van der Waals surface area contributed by atoms with Gasteiger partial charge in [-0.2, -0.15) is 0 Å². The van der Waals surface area contributed by atoms with E-state index in [1.165, 1.54) is 4.88 Å². The molecule has 1 saturated heterocycles. The summed E-state index contributed by atoms with van der Waals surface area (Å²) in [6, 6.07) is 6.79. The minimum atomic E-state index is -0.735. The van der Waals surface area contributed by atoms with Crippen molar-refractivity contribution in [1.82, 2.24) is 9.80 Å². The van der Waals surface area contributed by atoms with E-state index in [1.807, 2.05) is 12.1 Å². The number of amides is 1. The molecule has 1 aromatic carbocycles. The highest BCUT2D eigenvalue weighted by molar-refractivity contribution is 7.16. The molecule has 1 aliphatic rings. The molecular formula is C16H15ClF2N2OS. The Morgan fingerprint density at radius 2 is 1.74 bits per heavy atom. The molecule has 2 heterocycles. The maximum absolute atomic E-state index is 13.2. The van der Waals surface area contributed by atoms with Crippen LogP contribution in [-0.2, 0) is 6.54 Å². The van der Waals surface area contributed by atoms with Gasteiger partial charge in [-0.1, -0.05) is 11.6 Å². The van der Waals surface area contributed by atoms with Crippen LogP contribution < -0.4 is 0 Å². The lowest BCUT2D eigenvalue weighted by Gasteiger charge is -2.34. The Bertz CT molecular complexity index is 694. The number of halogens is 3. The van der Waals surface area contributed by atoms with E-state index < -0.39 is 11.6 Å². The zero-order valence-corrected chi connectivity index (χ0v) is 13.8.